The lowest BCUT2D eigenvalue weighted by molar-refractivity contribution is -0.141. The molecule has 5 atom stereocenters. The number of alkyl carbamates (subject to hydrolysis) is 1. The number of carbonyl (C=O) groups excluding carboxylic acids is 6. The third kappa shape index (κ3) is 16.2. The quantitative estimate of drug-likeness (QED) is 0.0620. The van der Waals surface area contributed by atoms with Crippen LogP contribution in [-0.2, 0) is 60.9 Å². The molecule has 3 rings (SSSR count). The zero-order chi connectivity index (χ0) is 42.1. The number of ether oxygens (including phenoxy) is 1. The third-order valence-corrected chi connectivity index (χ3v) is 9.22. The Morgan fingerprint density at radius 2 is 1.35 bits per heavy atom. The number of nitrogens with one attached hydrogen (secondary N) is 4. The lowest BCUT2D eigenvalue weighted by atomic mass is 10.0. The van der Waals surface area contributed by atoms with Gasteiger partial charge in [-0.1, -0.05) is 74.5 Å². The molecule has 0 unspecified atom stereocenters. The fraction of sp³-hybridized carbons (Fsp3) is 0.486. The molecule has 0 spiro atoms. The molecule has 0 bridgehead atoms. The summed E-state index contributed by atoms with van der Waals surface area (Å²) in [6.45, 7) is 3.09. The summed E-state index contributed by atoms with van der Waals surface area (Å²) in [6.07, 6.45) is -1.08. The van der Waals surface area contributed by atoms with Gasteiger partial charge in [-0.2, -0.15) is 8.42 Å². The van der Waals surface area contributed by atoms with Crippen LogP contribution in [0, 0.1) is 5.92 Å². The van der Waals surface area contributed by atoms with E-state index in [9.17, 15) is 47.1 Å². The second kappa shape index (κ2) is 22.2. The van der Waals surface area contributed by atoms with Crippen LogP contribution in [0.2, 0.25) is 0 Å². The van der Waals surface area contributed by atoms with Gasteiger partial charge in [0, 0.05) is 25.8 Å². The van der Waals surface area contributed by atoms with Gasteiger partial charge in [-0.25, -0.2) is 8.98 Å². The van der Waals surface area contributed by atoms with E-state index in [2.05, 4.69) is 25.5 Å². The summed E-state index contributed by atoms with van der Waals surface area (Å²) in [6, 6.07) is 11.0. The molecular formula is C37H50N6O13S. The maximum atomic E-state index is 14.1. The van der Waals surface area contributed by atoms with Gasteiger partial charge in [0.2, 0.25) is 29.5 Å². The zero-order valence-corrected chi connectivity index (χ0v) is 32.4. The molecule has 1 heterocycles. The van der Waals surface area contributed by atoms with Crippen molar-refractivity contribution in [3.8, 4) is 0 Å². The molecule has 0 saturated carbocycles. The second-order valence-electron chi connectivity index (χ2n) is 13.8. The summed E-state index contributed by atoms with van der Waals surface area (Å²) in [5.74, 6) is -5.46. The van der Waals surface area contributed by atoms with E-state index in [1.54, 1.807) is 60.7 Å². The molecule has 6 amide bonds. The average Bonchev–Trinajstić information content (AvgIpc) is 3.63. The molecule has 1 saturated heterocycles. The van der Waals surface area contributed by atoms with Crippen molar-refractivity contribution in [3.05, 3.63) is 71.8 Å². The fourth-order valence-corrected chi connectivity index (χ4v) is 6.42. The van der Waals surface area contributed by atoms with Crippen LogP contribution >= 0.6 is 0 Å². The van der Waals surface area contributed by atoms with Gasteiger partial charge in [0.25, 0.3) is 0 Å². The van der Waals surface area contributed by atoms with E-state index in [1.807, 2.05) is 13.8 Å². The van der Waals surface area contributed by atoms with Crippen LogP contribution in [0.15, 0.2) is 60.7 Å². The minimum Gasteiger partial charge on any atom is -0.481 e. The number of aliphatic carboxylic acids is 1. The Labute approximate surface area is 330 Å². The van der Waals surface area contributed by atoms with Gasteiger partial charge in [0.15, 0.2) is 0 Å². The van der Waals surface area contributed by atoms with Crippen LogP contribution in [0.5, 0.6) is 0 Å². The first kappa shape index (κ1) is 45.8. The molecule has 0 aromatic heterocycles. The molecule has 1 aliphatic rings. The van der Waals surface area contributed by atoms with Gasteiger partial charge in [0.1, 0.15) is 30.2 Å². The van der Waals surface area contributed by atoms with E-state index in [0.717, 1.165) is 0 Å². The van der Waals surface area contributed by atoms with Gasteiger partial charge in [0.05, 0.1) is 19.6 Å². The molecule has 1 aliphatic heterocycles. The van der Waals surface area contributed by atoms with Gasteiger partial charge in [-0.3, -0.25) is 33.3 Å². The first-order valence-electron chi connectivity index (χ1n) is 18.3. The molecule has 1 fully saturated rings. The molecule has 0 radical (unpaired) electrons. The summed E-state index contributed by atoms with van der Waals surface area (Å²) in [5, 5.41) is 19.4. The van der Waals surface area contributed by atoms with E-state index in [-0.39, 0.29) is 51.2 Å². The van der Waals surface area contributed by atoms with E-state index in [0.29, 0.717) is 17.5 Å². The van der Waals surface area contributed by atoms with Crippen molar-refractivity contribution >= 4 is 52.0 Å². The number of carboxylic acids is 1. The molecule has 19 nitrogen and oxygen atoms in total. The van der Waals surface area contributed by atoms with Crippen molar-refractivity contribution in [3.63, 3.8) is 0 Å². The minimum atomic E-state index is -4.66. The summed E-state index contributed by atoms with van der Waals surface area (Å²) >= 11 is 0. The number of hydrogen-bond acceptors (Lipinski definition) is 11. The van der Waals surface area contributed by atoms with Crippen LogP contribution < -0.4 is 27.0 Å². The number of hydrogen-bond donors (Lipinski definition) is 7. The Hall–Kier alpha value is -5.60. The maximum Gasteiger partial charge on any atom is 0.407 e. The Kier molecular flexibility index (Phi) is 17.8. The van der Waals surface area contributed by atoms with Crippen LogP contribution in [0.3, 0.4) is 0 Å². The molecule has 57 heavy (non-hydrogen) atoms. The Morgan fingerprint density at radius 3 is 1.86 bits per heavy atom. The summed E-state index contributed by atoms with van der Waals surface area (Å²) in [7, 11) is -4.66. The molecule has 2 aromatic carbocycles. The summed E-state index contributed by atoms with van der Waals surface area (Å²) in [4.78, 5) is 92.7. The number of carboxylic acid groups (broad SMARTS) is 1. The smallest absolute Gasteiger partial charge is 0.407 e. The highest BCUT2D eigenvalue weighted by molar-refractivity contribution is 7.80. The van der Waals surface area contributed by atoms with E-state index in [1.165, 1.54) is 4.90 Å². The van der Waals surface area contributed by atoms with E-state index < -0.39 is 95.2 Å². The van der Waals surface area contributed by atoms with Crippen molar-refractivity contribution in [1.29, 1.82) is 0 Å². The van der Waals surface area contributed by atoms with Gasteiger partial charge in [-0.15, -0.1) is 0 Å². The van der Waals surface area contributed by atoms with E-state index >= 15 is 0 Å². The molecule has 8 N–H and O–H groups in total. The number of benzene rings is 2. The van der Waals surface area contributed by atoms with E-state index in [4.69, 9.17) is 15.0 Å². The Bertz CT molecular complexity index is 1810. The van der Waals surface area contributed by atoms with Crippen molar-refractivity contribution in [2.24, 2.45) is 11.7 Å². The van der Waals surface area contributed by atoms with Crippen LogP contribution in [0.1, 0.15) is 57.1 Å². The average molecular weight is 819 g/mol. The molecule has 2 aromatic rings. The lowest BCUT2D eigenvalue weighted by Gasteiger charge is -2.30. The highest BCUT2D eigenvalue weighted by atomic mass is 32.3. The normalized spacial score (nSPS) is 16.1. The number of nitrogens with two attached hydrogens (primary N) is 1. The highest BCUT2D eigenvalue weighted by Gasteiger charge is 2.40. The predicted octanol–water partition coefficient (Wildman–Crippen LogP) is 0.228. The number of nitrogens with zero attached hydrogens (tertiary/aromatic N) is 1. The molecule has 20 heteroatoms. The Morgan fingerprint density at radius 1 is 0.807 bits per heavy atom. The first-order valence-corrected chi connectivity index (χ1v) is 19.7. The Balaban J connectivity index is 1.81. The van der Waals surface area contributed by atoms with Crippen LogP contribution in [0.25, 0.3) is 0 Å². The van der Waals surface area contributed by atoms with Gasteiger partial charge < -0.3 is 41.7 Å². The monoisotopic (exact) mass is 818 g/mol. The molecule has 312 valence electrons. The van der Waals surface area contributed by atoms with Gasteiger partial charge in [-0.05, 0) is 36.3 Å². The molecule has 0 aliphatic carbocycles. The SMILES string of the molecule is CC(C)C[C@H](NC(=O)OCCCOS(=O)(=O)O)C(=O)N1CCC[C@H]1C(=O)N[C@@H](Cc1ccccc1)C(=O)N[C@@H](Cc1ccccc1)C(=O)N[C@@H](CC(=O)O)C(N)=O. The van der Waals surface area contributed by atoms with Crippen LogP contribution in [0.4, 0.5) is 4.79 Å². The summed E-state index contributed by atoms with van der Waals surface area (Å²) in [5.41, 5.74) is 6.62. The van der Waals surface area contributed by atoms with Crippen molar-refractivity contribution in [1.82, 2.24) is 26.2 Å². The minimum absolute atomic E-state index is 0.0275. The first-order chi connectivity index (χ1) is 26.9. The topological polar surface area (TPSA) is 290 Å². The molecular weight excluding hydrogens is 769 g/mol. The summed E-state index contributed by atoms with van der Waals surface area (Å²) < 4.78 is 39.3. The number of carbonyl (C=O) groups is 7. The maximum absolute atomic E-state index is 14.1. The number of primary amides is 1. The fourth-order valence-electron chi connectivity index (χ4n) is 6.10. The number of amides is 6. The van der Waals surface area contributed by atoms with Gasteiger partial charge >= 0.3 is 22.5 Å². The predicted molar refractivity (Wildman–Crippen MR) is 202 cm³/mol. The third-order valence-electron chi connectivity index (χ3n) is 8.76. The van der Waals surface area contributed by atoms with Crippen LogP contribution in [-0.4, -0.2) is 115 Å². The lowest BCUT2D eigenvalue weighted by Crippen LogP contribution is -2.59. The largest absolute Gasteiger partial charge is 0.481 e. The number of likely N-dealkylation sites (tertiary alicyclic amines) is 1. The van der Waals surface area contributed by atoms with Crippen molar-refractivity contribution in [2.75, 3.05) is 19.8 Å². The second-order valence-corrected chi connectivity index (χ2v) is 14.9. The number of rotatable bonds is 22. The van der Waals surface area contributed by atoms with Crippen molar-refractivity contribution < 1.29 is 60.6 Å². The highest BCUT2D eigenvalue weighted by Crippen LogP contribution is 2.21. The standard InChI is InChI=1S/C37H50N6O13S/c1-23(2)19-29(42-37(51)55-17-10-18-56-57(52,53)54)36(50)43-16-9-15-30(43)35(49)41-28(21-25-13-7-4-8-14-25)34(48)40-27(20-24-11-5-3-6-12-24)33(47)39-26(32(38)46)22-31(44)45/h3-8,11-14,23,26-30H,9-10,15-22H2,1-2H3,(H2,38,46)(H,39,47)(H,40,48)(H,41,49)(H,42,51)(H,44,45)(H,52,53,54)/t26-,27-,28-,29-,30-/m0/s1. The zero-order valence-electron chi connectivity index (χ0n) is 31.6. The van der Waals surface area contributed by atoms with Crippen molar-refractivity contribution in [2.45, 2.75) is 89.0 Å².